The highest BCUT2D eigenvalue weighted by atomic mass is 32.1. The number of ether oxygens (including phenoxy) is 1. The molecular formula is C28H27N5O2S. The predicted octanol–water partition coefficient (Wildman–Crippen LogP) is 5.75. The molecule has 1 aromatic carbocycles. The zero-order chi connectivity index (χ0) is 25.1. The lowest BCUT2D eigenvalue weighted by atomic mass is 10.1. The molecule has 182 valence electrons. The highest BCUT2D eigenvalue weighted by Crippen LogP contribution is 2.33. The SMILES string of the molecule is CCC1C=CC=C(CNC(=O)c2ccc(-c3cnc(N)c(-c4nc5ccc(OC)cc5[nH]4)c3)s2)C=C1. The Labute approximate surface area is 213 Å². The Hall–Kier alpha value is -4.17. The van der Waals surface area contributed by atoms with Crippen LogP contribution < -0.4 is 15.8 Å². The Bertz CT molecular complexity index is 1510. The molecule has 5 rings (SSSR count). The Kier molecular flexibility index (Phi) is 6.69. The van der Waals surface area contributed by atoms with Crippen molar-refractivity contribution in [3.05, 3.63) is 83.4 Å². The summed E-state index contributed by atoms with van der Waals surface area (Å²) in [7, 11) is 1.63. The number of aromatic nitrogens is 3. The summed E-state index contributed by atoms with van der Waals surface area (Å²) in [5.41, 5.74) is 10.5. The first kappa shape index (κ1) is 23.6. The molecule has 7 nitrogen and oxygen atoms in total. The second-order valence-electron chi connectivity index (χ2n) is 8.53. The van der Waals surface area contributed by atoms with Gasteiger partial charge < -0.3 is 20.8 Å². The van der Waals surface area contributed by atoms with Crippen LogP contribution in [-0.2, 0) is 0 Å². The van der Waals surface area contributed by atoms with Crippen LogP contribution >= 0.6 is 11.3 Å². The molecule has 0 aliphatic heterocycles. The monoisotopic (exact) mass is 497 g/mol. The van der Waals surface area contributed by atoms with Gasteiger partial charge in [-0.1, -0.05) is 37.3 Å². The summed E-state index contributed by atoms with van der Waals surface area (Å²) in [6.45, 7) is 2.64. The van der Waals surface area contributed by atoms with E-state index in [0.29, 0.717) is 34.5 Å². The summed E-state index contributed by atoms with van der Waals surface area (Å²) in [4.78, 5) is 26.7. The summed E-state index contributed by atoms with van der Waals surface area (Å²) in [5.74, 6) is 2.09. The molecule has 1 atom stereocenters. The number of anilines is 1. The van der Waals surface area contributed by atoms with E-state index >= 15 is 0 Å². The van der Waals surface area contributed by atoms with Gasteiger partial charge in [0.15, 0.2) is 0 Å². The van der Waals surface area contributed by atoms with Crippen molar-refractivity contribution in [1.29, 1.82) is 0 Å². The number of amides is 1. The van der Waals surface area contributed by atoms with Gasteiger partial charge in [-0.05, 0) is 48.2 Å². The van der Waals surface area contributed by atoms with Crippen LogP contribution in [0.4, 0.5) is 5.82 Å². The van der Waals surface area contributed by atoms with Gasteiger partial charge in [-0.15, -0.1) is 11.3 Å². The maximum Gasteiger partial charge on any atom is 0.261 e. The van der Waals surface area contributed by atoms with Crippen molar-refractivity contribution in [1.82, 2.24) is 20.3 Å². The van der Waals surface area contributed by atoms with Crippen molar-refractivity contribution in [2.24, 2.45) is 5.92 Å². The maximum atomic E-state index is 12.8. The van der Waals surface area contributed by atoms with Gasteiger partial charge in [-0.3, -0.25) is 4.79 Å². The molecule has 0 fully saturated rings. The first-order valence-electron chi connectivity index (χ1n) is 11.8. The average Bonchev–Trinajstić information content (AvgIpc) is 3.49. The minimum atomic E-state index is -0.101. The van der Waals surface area contributed by atoms with E-state index in [0.717, 1.165) is 39.2 Å². The first-order chi connectivity index (χ1) is 17.5. The van der Waals surface area contributed by atoms with E-state index in [2.05, 4.69) is 51.5 Å². The highest BCUT2D eigenvalue weighted by Gasteiger charge is 2.15. The van der Waals surface area contributed by atoms with Crippen molar-refractivity contribution in [2.75, 3.05) is 19.4 Å². The smallest absolute Gasteiger partial charge is 0.261 e. The lowest BCUT2D eigenvalue weighted by Crippen LogP contribution is -2.24. The van der Waals surface area contributed by atoms with Crippen LogP contribution in [0.15, 0.2) is 78.5 Å². The molecule has 0 saturated carbocycles. The van der Waals surface area contributed by atoms with Crippen molar-refractivity contribution in [3.63, 3.8) is 0 Å². The summed E-state index contributed by atoms with van der Waals surface area (Å²) in [5, 5.41) is 3.02. The van der Waals surface area contributed by atoms with Gasteiger partial charge >= 0.3 is 0 Å². The second-order valence-corrected chi connectivity index (χ2v) is 9.61. The van der Waals surface area contributed by atoms with Gasteiger partial charge in [0, 0.05) is 29.2 Å². The number of aromatic amines is 1. The highest BCUT2D eigenvalue weighted by molar-refractivity contribution is 7.17. The summed E-state index contributed by atoms with van der Waals surface area (Å²) >= 11 is 1.42. The van der Waals surface area contributed by atoms with E-state index in [4.69, 9.17) is 10.5 Å². The molecule has 0 saturated heterocycles. The van der Waals surface area contributed by atoms with Crippen molar-refractivity contribution in [2.45, 2.75) is 13.3 Å². The van der Waals surface area contributed by atoms with E-state index in [1.807, 2.05) is 42.5 Å². The number of hydrogen-bond acceptors (Lipinski definition) is 6. The number of carbonyl (C=O) groups is 1. The van der Waals surface area contributed by atoms with Crippen molar-refractivity contribution in [3.8, 4) is 27.6 Å². The topological polar surface area (TPSA) is 106 Å². The molecule has 0 spiro atoms. The number of fused-ring (bicyclic) bond motifs is 1. The number of rotatable bonds is 7. The van der Waals surface area contributed by atoms with Gasteiger partial charge in [-0.25, -0.2) is 9.97 Å². The zero-order valence-electron chi connectivity index (χ0n) is 20.1. The number of imidazole rings is 1. The normalized spacial score (nSPS) is 15.1. The molecule has 3 aromatic heterocycles. The lowest BCUT2D eigenvalue weighted by molar-refractivity contribution is 0.0961. The van der Waals surface area contributed by atoms with E-state index in [-0.39, 0.29) is 5.91 Å². The number of nitrogens with zero attached hydrogens (tertiary/aromatic N) is 2. The molecule has 1 aliphatic rings. The number of nitrogens with one attached hydrogen (secondary N) is 2. The number of carbonyl (C=O) groups excluding carboxylic acids is 1. The lowest BCUT2D eigenvalue weighted by Gasteiger charge is -2.05. The molecule has 1 unspecified atom stereocenters. The number of thiophene rings is 1. The number of hydrogen-bond donors (Lipinski definition) is 3. The van der Waals surface area contributed by atoms with Gasteiger partial charge in [0.05, 0.1) is 28.6 Å². The quantitative estimate of drug-likeness (QED) is 0.301. The minimum Gasteiger partial charge on any atom is -0.497 e. The van der Waals surface area contributed by atoms with Crippen LogP contribution in [-0.4, -0.2) is 34.5 Å². The zero-order valence-corrected chi connectivity index (χ0v) is 20.9. The Morgan fingerprint density at radius 3 is 2.94 bits per heavy atom. The number of pyridine rings is 1. The van der Waals surface area contributed by atoms with E-state index < -0.39 is 0 Å². The van der Waals surface area contributed by atoms with Gasteiger partial charge in [0.2, 0.25) is 0 Å². The largest absolute Gasteiger partial charge is 0.497 e. The van der Waals surface area contributed by atoms with Crippen LogP contribution in [0.3, 0.4) is 0 Å². The third-order valence-corrected chi connectivity index (χ3v) is 7.26. The third-order valence-electron chi connectivity index (χ3n) is 6.13. The van der Waals surface area contributed by atoms with E-state index in [1.54, 1.807) is 13.3 Å². The number of methoxy groups -OCH3 is 1. The van der Waals surface area contributed by atoms with Crippen LogP contribution in [0.1, 0.15) is 23.0 Å². The molecule has 4 N–H and O–H groups in total. The van der Waals surface area contributed by atoms with Crippen LogP contribution in [0.25, 0.3) is 32.9 Å². The Morgan fingerprint density at radius 1 is 1.22 bits per heavy atom. The Morgan fingerprint density at radius 2 is 2.11 bits per heavy atom. The predicted molar refractivity (Wildman–Crippen MR) is 146 cm³/mol. The summed E-state index contributed by atoms with van der Waals surface area (Å²) < 4.78 is 5.30. The number of allylic oxidation sites excluding steroid dienone is 4. The molecule has 36 heavy (non-hydrogen) atoms. The Balaban J connectivity index is 1.33. The second kappa shape index (κ2) is 10.2. The summed E-state index contributed by atoms with van der Waals surface area (Å²) in [6, 6.07) is 11.4. The van der Waals surface area contributed by atoms with Crippen LogP contribution in [0.2, 0.25) is 0 Å². The molecule has 0 radical (unpaired) electrons. The molecule has 3 heterocycles. The maximum absolute atomic E-state index is 12.8. The fourth-order valence-corrected chi connectivity index (χ4v) is 4.91. The van der Waals surface area contributed by atoms with Crippen LogP contribution in [0.5, 0.6) is 5.75 Å². The molecule has 4 aromatic rings. The number of benzene rings is 1. The molecule has 1 aliphatic carbocycles. The van der Waals surface area contributed by atoms with E-state index in [9.17, 15) is 4.79 Å². The molecule has 8 heteroatoms. The van der Waals surface area contributed by atoms with Crippen LogP contribution in [0, 0.1) is 5.92 Å². The van der Waals surface area contributed by atoms with Crippen molar-refractivity contribution >= 4 is 34.1 Å². The van der Waals surface area contributed by atoms with Gasteiger partial charge in [0.25, 0.3) is 5.91 Å². The molecular weight excluding hydrogens is 470 g/mol. The molecule has 0 bridgehead atoms. The minimum absolute atomic E-state index is 0.101. The third kappa shape index (κ3) is 4.94. The van der Waals surface area contributed by atoms with E-state index in [1.165, 1.54) is 11.3 Å². The standard InChI is InChI=1S/C28H27N5O2S/c1-3-17-5-4-6-18(8-7-17)15-31-28(34)25-12-11-24(36-25)19-13-21(26(29)30-16-19)27-32-22-10-9-20(35-2)14-23(22)33-27/h4-14,16-17H,3,15H2,1-2H3,(H2,29,30)(H,31,34)(H,32,33). The number of nitrogens with two attached hydrogens (primary N) is 1. The first-order valence-corrected chi connectivity index (χ1v) is 12.6. The number of H-pyrrole nitrogens is 1. The average molecular weight is 498 g/mol. The molecule has 1 amide bonds. The van der Waals surface area contributed by atoms with Crippen molar-refractivity contribution < 1.29 is 9.53 Å². The van der Waals surface area contributed by atoms with Gasteiger partial charge in [0.1, 0.15) is 17.4 Å². The fourth-order valence-electron chi connectivity index (χ4n) is 4.01. The summed E-state index contributed by atoms with van der Waals surface area (Å²) in [6.07, 6.45) is 13.3. The number of nitrogen functional groups attached to an aromatic ring is 1. The fraction of sp³-hybridized carbons (Fsp3) is 0.179. The van der Waals surface area contributed by atoms with Gasteiger partial charge in [-0.2, -0.15) is 0 Å².